The standard InChI is InChI=1S/C25H28N2O5/c1-2-27(15-12-22(28)29)23(30)25(13-7-14-25)26-24(31)32-16-21-19-10-5-3-8-17(19)18-9-4-6-11-20(18)21/h3-6,8-11,21H,2,7,12-16H2,1H3,(H,26,31)(H,28,29). The summed E-state index contributed by atoms with van der Waals surface area (Å²) in [6.07, 6.45) is 1.14. The van der Waals surface area contributed by atoms with Crippen molar-refractivity contribution >= 4 is 18.0 Å². The first kappa shape index (κ1) is 21.9. The number of rotatable bonds is 8. The zero-order valence-corrected chi connectivity index (χ0v) is 18.2. The number of hydrogen-bond donors (Lipinski definition) is 2. The molecule has 1 fully saturated rings. The summed E-state index contributed by atoms with van der Waals surface area (Å²) >= 11 is 0. The largest absolute Gasteiger partial charge is 0.481 e. The summed E-state index contributed by atoms with van der Waals surface area (Å²) in [6.45, 7) is 2.50. The van der Waals surface area contributed by atoms with Crippen molar-refractivity contribution in [3.63, 3.8) is 0 Å². The summed E-state index contributed by atoms with van der Waals surface area (Å²) in [4.78, 5) is 38.2. The average molecular weight is 437 g/mol. The van der Waals surface area contributed by atoms with E-state index in [4.69, 9.17) is 9.84 Å². The molecule has 2 amide bonds. The number of aliphatic carboxylic acids is 1. The second-order valence-corrected chi connectivity index (χ2v) is 8.41. The predicted octanol–water partition coefficient (Wildman–Crippen LogP) is 3.77. The summed E-state index contributed by atoms with van der Waals surface area (Å²) < 4.78 is 5.62. The van der Waals surface area contributed by atoms with Crippen LogP contribution < -0.4 is 5.32 Å². The molecule has 7 nitrogen and oxygen atoms in total. The zero-order chi connectivity index (χ0) is 22.7. The van der Waals surface area contributed by atoms with Crippen molar-refractivity contribution in [1.82, 2.24) is 10.2 Å². The van der Waals surface area contributed by atoms with E-state index >= 15 is 0 Å². The summed E-state index contributed by atoms with van der Waals surface area (Å²) in [7, 11) is 0. The Balaban J connectivity index is 1.42. The third-order valence-electron chi connectivity index (χ3n) is 6.57. The van der Waals surface area contributed by atoms with E-state index < -0.39 is 17.6 Å². The lowest BCUT2D eigenvalue weighted by Crippen LogP contribution is -2.63. The first-order valence-corrected chi connectivity index (χ1v) is 11.1. The molecule has 32 heavy (non-hydrogen) atoms. The van der Waals surface area contributed by atoms with Gasteiger partial charge < -0.3 is 20.1 Å². The number of amides is 2. The predicted molar refractivity (Wildman–Crippen MR) is 119 cm³/mol. The molecule has 4 rings (SSSR count). The summed E-state index contributed by atoms with van der Waals surface area (Å²) in [5.74, 6) is -1.24. The minimum atomic E-state index is -1.00. The number of ether oxygens (including phenoxy) is 1. The van der Waals surface area contributed by atoms with Crippen LogP contribution in [0.15, 0.2) is 48.5 Å². The molecular weight excluding hydrogens is 408 g/mol. The van der Waals surface area contributed by atoms with Gasteiger partial charge in [0.15, 0.2) is 0 Å². The lowest BCUT2D eigenvalue weighted by atomic mass is 9.75. The van der Waals surface area contributed by atoms with Gasteiger partial charge in [-0.2, -0.15) is 0 Å². The highest BCUT2D eigenvalue weighted by Crippen LogP contribution is 2.44. The molecule has 1 saturated carbocycles. The van der Waals surface area contributed by atoms with Crippen LogP contribution in [0.1, 0.15) is 49.7 Å². The molecule has 0 bridgehead atoms. The van der Waals surface area contributed by atoms with Crippen LogP contribution >= 0.6 is 0 Å². The smallest absolute Gasteiger partial charge is 0.408 e. The van der Waals surface area contributed by atoms with Crippen LogP contribution in [-0.4, -0.2) is 53.2 Å². The van der Waals surface area contributed by atoms with Gasteiger partial charge in [0.25, 0.3) is 0 Å². The molecule has 0 aliphatic heterocycles. The monoisotopic (exact) mass is 436 g/mol. The van der Waals surface area contributed by atoms with Gasteiger partial charge in [-0.25, -0.2) is 4.79 Å². The van der Waals surface area contributed by atoms with Crippen molar-refractivity contribution in [1.29, 1.82) is 0 Å². The molecule has 2 aliphatic carbocycles. The minimum Gasteiger partial charge on any atom is -0.481 e. The molecule has 2 aliphatic rings. The van der Waals surface area contributed by atoms with E-state index in [0.29, 0.717) is 19.4 Å². The number of carbonyl (C=O) groups is 3. The van der Waals surface area contributed by atoms with E-state index in [1.807, 2.05) is 24.3 Å². The fourth-order valence-corrected chi connectivity index (χ4v) is 4.69. The Hall–Kier alpha value is -3.35. The van der Waals surface area contributed by atoms with Crippen molar-refractivity contribution < 1.29 is 24.2 Å². The quantitative estimate of drug-likeness (QED) is 0.657. The molecule has 0 saturated heterocycles. The maximum atomic E-state index is 13.1. The van der Waals surface area contributed by atoms with Gasteiger partial charge in [-0.3, -0.25) is 9.59 Å². The summed E-state index contributed by atoms with van der Waals surface area (Å²) in [5, 5.41) is 11.7. The molecule has 0 unspecified atom stereocenters. The molecule has 7 heteroatoms. The SMILES string of the molecule is CCN(CCC(=O)O)C(=O)C1(NC(=O)OCC2c3ccccc3-c3ccccc32)CCC1. The van der Waals surface area contributed by atoms with E-state index in [9.17, 15) is 14.4 Å². The van der Waals surface area contributed by atoms with Crippen LogP contribution in [0.25, 0.3) is 11.1 Å². The van der Waals surface area contributed by atoms with Gasteiger partial charge in [0.1, 0.15) is 12.1 Å². The Morgan fingerprint density at radius 3 is 2.16 bits per heavy atom. The number of nitrogens with zero attached hydrogens (tertiary/aromatic N) is 1. The van der Waals surface area contributed by atoms with Crippen molar-refractivity contribution in [3.8, 4) is 11.1 Å². The van der Waals surface area contributed by atoms with Gasteiger partial charge in [-0.1, -0.05) is 48.5 Å². The normalized spacial score (nSPS) is 15.8. The van der Waals surface area contributed by atoms with Gasteiger partial charge in [0.2, 0.25) is 5.91 Å². The lowest BCUT2D eigenvalue weighted by molar-refractivity contribution is -0.143. The second-order valence-electron chi connectivity index (χ2n) is 8.41. The van der Waals surface area contributed by atoms with E-state index in [1.165, 1.54) is 4.90 Å². The molecule has 0 spiro atoms. The van der Waals surface area contributed by atoms with Crippen LogP contribution in [0.3, 0.4) is 0 Å². The zero-order valence-electron chi connectivity index (χ0n) is 18.2. The Labute approximate surface area is 187 Å². The maximum absolute atomic E-state index is 13.1. The van der Waals surface area contributed by atoms with Crippen molar-refractivity contribution in [3.05, 3.63) is 59.7 Å². The third kappa shape index (κ3) is 4.07. The number of carboxylic acid groups (broad SMARTS) is 1. The number of carboxylic acids is 1. The van der Waals surface area contributed by atoms with Gasteiger partial charge in [-0.15, -0.1) is 0 Å². The van der Waals surface area contributed by atoms with Crippen molar-refractivity contribution in [2.45, 2.75) is 44.1 Å². The Morgan fingerprint density at radius 1 is 1.06 bits per heavy atom. The Bertz CT molecular complexity index is 985. The summed E-state index contributed by atoms with van der Waals surface area (Å²) in [5.41, 5.74) is 3.56. The number of carbonyl (C=O) groups excluding carboxylic acids is 2. The summed E-state index contributed by atoms with van der Waals surface area (Å²) in [6, 6.07) is 16.2. The molecule has 168 valence electrons. The van der Waals surface area contributed by atoms with E-state index in [-0.39, 0.29) is 31.4 Å². The molecule has 2 aromatic carbocycles. The minimum absolute atomic E-state index is 0.0519. The fraction of sp³-hybridized carbons (Fsp3) is 0.400. The first-order chi connectivity index (χ1) is 15.4. The molecule has 0 radical (unpaired) electrons. The second kappa shape index (κ2) is 9.02. The van der Waals surface area contributed by atoms with Crippen LogP contribution in [0.5, 0.6) is 0 Å². The highest BCUT2D eigenvalue weighted by molar-refractivity contribution is 5.91. The van der Waals surface area contributed by atoms with E-state index in [0.717, 1.165) is 28.7 Å². The highest BCUT2D eigenvalue weighted by Gasteiger charge is 2.48. The van der Waals surface area contributed by atoms with Crippen molar-refractivity contribution in [2.24, 2.45) is 0 Å². The Morgan fingerprint density at radius 2 is 1.66 bits per heavy atom. The Kier molecular flexibility index (Phi) is 6.17. The molecule has 2 aromatic rings. The van der Waals surface area contributed by atoms with Gasteiger partial charge in [0, 0.05) is 19.0 Å². The molecule has 0 aromatic heterocycles. The fourth-order valence-electron chi connectivity index (χ4n) is 4.69. The third-order valence-corrected chi connectivity index (χ3v) is 6.57. The van der Waals surface area contributed by atoms with Crippen LogP contribution in [0.4, 0.5) is 4.79 Å². The molecular formula is C25H28N2O5. The number of fused-ring (bicyclic) bond motifs is 3. The average Bonchev–Trinajstić information content (AvgIpc) is 3.08. The number of benzene rings is 2. The number of alkyl carbamates (subject to hydrolysis) is 1. The van der Waals surface area contributed by atoms with Crippen LogP contribution in [0, 0.1) is 0 Å². The van der Waals surface area contributed by atoms with Gasteiger partial charge >= 0.3 is 12.1 Å². The van der Waals surface area contributed by atoms with Gasteiger partial charge in [0.05, 0.1) is 6.42 Å². The van der Waals surface area contributed by atoms with E-state index in [1.54, 1.807) is 6.92 Å². The van der Waals surface area contributed by atoms with Crippen LogP contribution in [0.2, 0.25) is 0 Å². The van der Waals surface area contributed by atoms with Crippen LogP contribution in [-0.2, 0) is 14.3 Å². The van der Waals surface area contributed by atoms with E-state index in [2.05, 4.69) is 29.6 Å². The molecule has 2 N–H and O–H groups in total. The maximum Gasteiger partial charge on any atom is 0.408 e. The van der Waals surface area contributed by atoms with Crippen molar-refractivity contribution in [2.75, 3.05) is 19.7 Å². The van der Waals surface area contributed by atoms with Gasteiger partial charge in [-0.05, 0) is 48.4 Å². The first-order valence-electron chi connectivity index (χ1n) is 11.1. The molecule has 0 heterocycles. The highest BCUT2D eigenvalue weighted by atomic mass is 16.5. The number of nitrogens with one attached hydrogen (secondary N) is 1. The topological polar surface area (TPSA) is 95.9 Å². The molecule has 0 atom stereocenters. The number of likely N-dealkylation sites (N-methyl/N-ethyl adjacent to an activating group) is 1. The lowest BCUT2D eigenvalue weighted by Gasteiger charge is -2.43. The number of hydrogen-bond acceptors (Lipinski definition) is 4.